The van der Waals surface area contributed by atoms with Crippen molar-refractivity contribution < 1.29 is 27.1 Å². The molecule has 2 aromatic carbocycles. The molecule has 184 valence electrons. The highest BCUT2D eigenvalue weighted by Gasteiger charge is 2.24. The van der Waals surface area contributed by atoms with Crippen LogP contribution in [0.3, 0.4) is 0 Å². The average Bonchev–Trinajstić information content (AvgIpc) is 3.34. The number of aromatic amines is 1. The van der Waals surface area contributed by atoms with Gasteiger partial charge in [-0.2, -0.15) is 0 Å². The van der Waals surface area contributed by atoms with E-state index in [4.69, 9.17) is 10.2 Å². The standard InChI is InChI=1S/C24H24FN3O6S/c1-13(28-11-16(8-9-26)34-24(28)31)17-4-3-5-18-20(22(23(29)30)27-21(17)18)14-6-7-15(19(25)10-14)12-35(2,32)33/h3-7,10-11,13,27H,8-9,12,26H2,1-2H3,(H,29,30)/t13-/m0/s1. The lowest BCUT2D eigenvalue weighted by Gasteiger charge is -2.13. The Balaban J connectivity index is 1.87. The van der Waals surface area contributed by atoms with Gasteiger partial charge in [0, 0.05) is 35.4 Å². The molecule has 4 aromatic rings. The van der Waals surface area contributed by atoms with Crippen molar-refractivity contribution in [2.45, 2.75) is 25.1 Å². The number of nitrogens with one attached hydrogen (secondary N) is 1. The van der Waals surface area contributed by atoms with Crippen molar-refractivity contribution in [2.75, 3.05) is 12.8 Å². The van der Waals surface area contributed by atoms with Gasteiger partial charge in [-0.15, -0.1) is 0 Å². The second kappa shape index (κ2) is 9.16. The first-order valence-electron chi connectivity index (χ1n) is 10.8. The van der Waals surface area contributed by atoms with Crippen LogP contribution in [-0.2, 0) is 22.0 Å². The quantitative estimate of drug-likeness (QED) is 0.336. The van der Waals surface area contributed by atoms with Crippen LogP contribution < -0.4 is 11.5 Å². The van der Waals surface area contributed by atoms with Gasteiger partial charge in [0.05, 0.1) is 17.3 Å². The molecule has 0 fully saturated rings. The van der Waals surface area contributed by atoms with E-state index in [9.17, 15) is 27.5 Å². The summed E-state index contributed by atoms with van der Waals surface area (Å²) in [5.41, 5.74) is 7.03. The Hall–Kier alpha value is -3.70. The van der Waals surface area contributed by atoms with E-state index in [1.165, 1.54) is 16.7 Å². The highest BCUT2D eigenvalue weighted by molar-refractivity contribution is 7.89. The topological polar surface area (TPSA) is 148 Å². The Morgan fingerprint density at radius 1 is 1.29 bits per heavy atom. The Morgan fingerprint density at radius 2 is 2.03 bits per heavy atom. The number of para-hydroxylation sites is 1. The number of aromatic nitrogens is 2. The number of benzene rings is 2. The SMILES string of the molecule is C[C@@H](c1cccc2c(-c3ccc(CS(C)(=O)=O)c(F)c3)c(C(=O)O)[nH]c12)n1cc(CCN)oc1=O. The van der Waals surface area contributed by atoms with Gasteiger partial charge in [-0.05, 0) is 30.7 Å². The molecule has 0 aliphatic rings. The molecule has 0 aliphatic heterocycles. The third-order valence-corrected chi connectivity index (χ3v) is 6.65. The van der Waals surface area contributed by atoms with Crippen LogP contribution in [0.15, 0.2) is 51.8 Å². The second-order valence-corrected chi connectivity index (χ2v) is 10.6. The molecule has 1 atom stereocenters. The number of oxazole rings is 1. The van der Waals surface area contributed by atoms with Crippen LogP contribution in [0.2, 0.25) is 0 Å². The van der Waals surface area contributed by atoms with Crippen molar-refractivity contribution >= 4 is 26.7 Å². The third-order valence-electron chi connectivity index (χ3n) is 5.81. The zero-order valence-electron chi connectivity index (χ0n) is 19.0. The van der Waals surface area contributed by atoms with E-state index < -0.39 is 39.2 Å². The minimum Gasteiger partial charge on any atom is -0.477 e. The van der Waals surface area contributed by atoms with E-state index in [0.717, 1.165) is 12.3 Å². The zero-order valence-corrected chi connectivity index (χ0v) is 19.9. The van der Waals surface area contributed by atoms with E-state index in [-0.39, 0.29) is 22.4 Å². The first kappa shape index (κ1) is 24.4. The third kappa shape index (κ3) is 4.77. The molecule has 2 heterocycles. The Kier molecular flexibility index (Phi) is 6.39. The minimum atomic E-state index is -3.45. The summed E-state index contributed by atoms with van der Waals surface area (Å²) in [7, 11) is -3.45. The van der Waals surface area contributed by atoms with E-state index in [1.807, 2.05) is 0 Å². The van der Waals surface area contributed by atoms with Gasteiger partial charge in [0.15, 0.2) is 9.84 Å². The van der Waals surface area contributed by atoms with Crippen molar-refractivity contribution in [3.63, 3.8) is 0 Å². The predicted molar refractivity (Wildman–Crippen MR) is 129 cm³/mol. The number of nitrogens with zero attached hydrogens (tertiary/aromatic N) is 1. The smallest absolute Gasteiger partial charge is 0.419 e. The van der Waals surface area contributed by atoms with Gasteiger partial charge >= 0.3 is 11.7 Å². The number of carbonyl (C=O) groups is 1. The summed E-state index contributed by atoms with van der Waals surface area (Å²) in [6.07, 6.45) is 2.99. The van der Waals surface area contributed by atoms with Crippen LogP contribution in [0.1, 0.15) is 40.3 Å². The molecule has 0 unspecified atom stereocenters. The lowest BCUT2D eigenvalue weighted by atomic mass is 9.98. The van der Waals surface area contributed by atoms with E-state index in [2.05, 4.69) is 4.98 Å². The Morgan fingerprint density at radius 3 is 2.66 bits per heavy atom. The summed E-state index contributed by atoms with van der Waals surface area (Å²) >= 11 is 0. The Bertz CT molecular complexity index is 1600. The highest BCUT2D eigenvalue weighted by Crippen LogP contribution is 2.37. The number of rotatable bonds is 8. The summed E-state index contributed by atoms with van der Waals surface area (Å²) in [5, 5.41) is 10.4. The number of sulfone groups is 1. The maximum absolute atomic E-state index is 14.8. The molecule has 0 aliphatic carbocycles. The Labute approximate surface area is 199 Å². The van der Waals surface area contributed by atoms with Crippen LogP contribution in [0.4, 0.5) is 4.39 Å². The molecule has 0 saturated carbocycles. The molecule has 0 saturated heterocycles. The van der Waals surface area contributed by atoms with Gasteiger partial charge in [0.2, 0.25) is 0 Å². The van der Waals surface area contributed by atoms with Crippen molar-refractivity contribution in [1.29, 1.82) is 0 Å². The molecule has 0 radical (unpaired) electrons. The molecule has 4 N–H and O–H groups in total. The fraction of sp³-hybridized carbons (Fsp3) is 0.250. The average molecular weight is 502 g/mol. The van der Waals surface area contributed by atoms with Gasteiger partial charge in [-0.1, -0.05) is 30.3 Å². The summed E-state index contributed by atoms with van der Waals surface area (Å²) in [5.74, 6) is -2.58. The van der Waals surface area contributed by atoms with Crippen molar-refractivity contribution in [1.82, 2.24) is 9.55 Å². The number of fused-ring (bicyclic) bond motifs is 1. The minimum absolute atomic E-state index is 0.00473. The fourth-order valence-corrected chi connectivity index (χ4v) is 5.03. The van der Waals surface area contributed by atoms with Gasteiger partial charge in [0.1, 0.15) is 17.3 Å². The molecular formula is C24H24FN3O6S. The number of hydrogen-bond donors (Lipinski definition) is 3. The van der Waals surface area contributed by atoms with Crippen LogP contribution in [0.5, 0.6) is 0 Å². The molecule has 4 rings (SSSR count). The van der Waals surface area contributed by atoms with E-state index in [0.29, 0.717) is 35.2 Å². The molecule has 0 spiro atoms. The molecular weight excluding hydrogens is 477 g/mol. The first-order valence-corrected chi connectivity index (χ1v) is 12.8. The number of nitrogens with two attached hydrogens (primary N) is 1. The van der Waals surface area contributed by atoms with E-state index in [1.54, 1.807) is 31.3 Å². The lowest BCUT2D eigenvalue weighted by Crippen LogP contribution is -2.18. The molecule has 2 aromatic heterocycles. The van der Waals surface area contributed by atoms with Gasteiger partial charge in [0.25, 0.3) is 0 Å². The number of hydrogen-bond acceptors (Lipinski definition) is 6. The van der Waals surface area contributed by atoms with Crippen LogP contribution in [0, 0.1) is 5.82 Å². The van der Waals surface area contributed by atoms with E-state index >= 15 is 0 Å². The largest absolute Gasteiger partial charge is 0.477 e. The summed E-state index contributed by atoms with van der Waals surface area (Å²) < 4.78 is 44.6. The maximum atomic E-state index is 14.8. The van der Waals surface area contributed by atoms with Crippen molar-refractivity contribution in [2.24, 2.45) is 5.73 Å². The molecule has 9 nitrogen and oxygen atoms in total. The number of aromatic carboxylic acids is 1. The molecule has 0 bridgehead atoms. The second-order valence-electron chi connectivity index (χ2n) is 8.41. The monoisotopic (exact) mass is 501 g/mol. The summed E-state index contributed by atoms with van der Waals surface area (Å²) in [6, 6.07) is 8.63. The van der Waals surface area contributed by atoms with Crippen LogP contribution in [-0.4, -0.2) is 41.8 Å². The maximum Gasteiger partial charge on any atom is 0.419 e. The van der Waals surface area contributed by atoms with Crippen molar-refractivity contribution in [3.05, 3.63) is 81.5 Å². The zero-order chi connectivity index (χ0) is 25.5. The van der Waals surface area contributed by atoms with Crippen molar-refractivity contribution in [3.8, 4) is 11.1 Å². The summed E-state index contributed by atoms with van der Waals surface area (Å²) in [4.78, 5) is 27.4. The predicted octanol–water partition coefficient (Wildman–Crippen LogP) is 3.08. The molecule has 35 heavy (non-hydrogen) atoms. The molecule has 0 amide bonds. The van der Waals surface area contributed by atoms with Gasteiger partial charge in [-0.3, -0.25) is 4.57 Å². The van der Waals surface area contributed by atoms with Crippen LogP contribution in [0.25, 0.3) is 22.0 Å². The lowest BCUT2D eigenvalue weighted by molar-refractivity contribution is 0.0692. The normalized spacial score (nSPS) is 12.8. The number of carboxylic acid groups (broad SMARTS) is 1. The highest BCUT2D eigenvalue weighted by atomic mass is 32.2. The van der Waals surface area contributed by atoms with Gasteiger partial charge in [-0.25, -0.2) is 22.4 Å². The number of halogens is 1. The summed E-state index contributed by atoms with van der Waals surface area (Å²) in [6.45, 7) is 2.09. The molecule has 11 heteroatoms. The van der Waals surface area contributed by atoms with Gasteiger partial charge < -0.3 is 20.2 Å². The fourth-order valence-electron chi connectivity index (χ4n) is 4.23. The number of H-pyrrole nitrogens is 1. The number of carboxylic acids is 1. The van der Waals surface area contributed by atoms with Crippen LogP contribution >= 0.6 is 0 Å². The first-order chi connectivity index (χ1) is 16.5.